The molecule has 32 heavy (non-hydrogen) atoms. The summed E-state index contributed by atoms with van der Waals surface area (Å²) >= 11 is 0. The summed E-state index contributed by atoms with van der Waals surface area (Å²) in [6.45, 7) is 0. The van der Waals surface area contributed by atoms with Crippen LogP contribution >= 0.6 is 15.4 Å². The zero-order chi connectivity index (χ0) is 21.8. The smallest absolute Gasteiger partial charge is 0.313 e. The minimum Gasteiger partial charge on any atom is -0.313 e. The van der Waals surface area contributed by atoms with Crippen LogP contribution in [-0.4, -0.2) is 22.1 Å². The number of hydrogen-bond acceptors (Lipinski definition) is 4. The van der Waals surface area contributed by atoms with E-state index < -0.39 is 15.4 Å². The lowest BCUT2D eigenvalue weighted by atomic mass is 10.0. The molecule has 2 aliphatic heterocycles. The molecule has 0 saturated heterocycles. The van der Waals surface area contributed by atoms with Crippen LogP contribution in [0.2, 0.25) is 0 Å². The molecule has 2 aliphatic rings. The van der Waals surface area contributed by atoms with Crippen LogP contribution in [0, 0.1) is 0 Å². The van der Waals surface area contributed by atoms with Crippen LogP contribution in [0.5, 0.6) is 11.5 Å². The average molecular weight is 460 g/mol. The summed E-state index contributed by atoms with van der Waals surface area (Å²) in [7, 11) is -6.01. The van der Waals surface area contributed by atoms with Crippen molar-refractivity contribution in [2.24, 2.45) is 0 Å². The topological polar surface area (TPSA) is 58.9 Å². The Kier molecular flexibility index (Phi) is 4.61. The molecule has 4 aromatic rings. The Balaban J connectivity index is 1.38. The van der Waals surface area contributed by atoms with E-state index in [2.05, 4.69) is 0 Å². The van der Waals surface area contributed by atoms with Gasteiger partial charge in [0.2, 0.25) is 0 Å². The van der Waals surface area contributed by atoms with Crippen LogP contribution < -0.4 is 19.7 Å². The Morgan fingerprint density at radius 3 is 1.25 bits per heavy atom. The summed E-state index contributed by atoms with van der Waals surface area (Å²) in [5, 5.41) is 1.63. The first-order valence-corrected chi connectivity index (χ1v) is 14.3. The van der Waals surface area contributed by atoms with Gasteiger partial charge in [0.05, 0.1) is 0 Å². The lowest BCUT2D eigenvalue weighted by Crippen LogP contribution is -2.30. The monoisotopic (exact) mass is 460 g/mol. The molecule has 6 rings (SSSR count). The highest BCUT2D eigenvalue weighted by atomic mass is 31.2. The zero-order valence-electron chi connectivity index (χ0n) is 17.3. The van der Waals surface area contributed by atoms with E-state index >= 15 is 0 Å². The first-order chi connectivity index (χ1) is 15.6. The lowest BCUT2D eigenvalue weighted by molar-refractivity contribution is 0.456. The third-order valence-corrected chi connectivity index (χ3v) is 11.4. The summed E-state index contributed by atoms with van der Waals surface area (Å²) in [6, 6.07) is 31.3. The molecular formula is C26H22O4P2+2. The predicted molar refractivity (Wildman–Crippen MR) is 132 cm³/mol. The molecule has 0 spiro atoms. The predicted octanol–water partition coefficient (Wildman–Crippen LogP) is 5.44. The van der Waals surface area contributed by atoms with Crippen molar-refractivity contribution >= 4 is 26.0 Å². The molecule has 158 valence electrons. The molecule has 6 heteroatoms. The maximum Gasteiger partial charge on any atom is 0.353 e. The molecule has 0 aliphatic carbocycles. The number of para-hydroxylation sites is 2. The van der Waals surface area contributed by atoms with E-state index in [4.69, 9.17) is 9.05 Å². The fourth-order valence-corrected chi connectivity index (χ4v) is 10.4. The second kappa shape index (κ2) is 7.40. The van der Waals surface area contributed by atoms with Crippen molar-refractivity contribution < 1.29 is 18.8 Å². The van der Waals surface area contributed by atoms with Gasteiger partial charge in [-0.2, -0.15) is 0 Å². The number of benzene rings is 4. The summed E-state index contributed by atoms with van der Waals surface area (Å²) in [4.78, 5) is 23.6. The Morgan fingerprint density at radius 1 is 0.469 bits per heavy atom. The van der Waals surface area contributed by atoms with Crippen LogP contribution in [0.15, 0.2) is 97.1 Å². The van der Waals surface area contributed by atoms with E-state index in [1.54, 1.807) is 0 Å². The van der Waals surface area contributed by atoms with Gasteiger partial charge < -0.3 is 9.05 Å². The molecule has 0 fully saturated rings. The SMILES string of the molecule is O[P+]1(CC[P+]2(O)Oc3ccccc3-c3ccccc32)Oc2ccccc2-c2ccccc21. The maximum absolute atomic E-state index is 11.8. The van der Waals surface area contributed by atoms with E-state index in [0.29, 0.717) is 23.8 Å². The number of fused-ring (bicyclic) bond motifs is 6. The van der Waals surface area contributed by atoms with E-state index in [-0.39, 0.29) is 0 Å². The molecule has 0 radical (unpaired) electrons. The normalized spacial score (nSPS) is 22.4. The Morgan fingerprint density at radius 2 is 0.812 bits per heavy atom. The second-order valence-corrected chi connectivity index (χ2v) is 13.1. The number of rotatable bonds is 3. The Labute approximate surface area is 188 Å². The fraction of sp³-hybridized carbons (Fsp3) is 0.0769. The zero-order valence-corrected chi connectivity index (χ0v) is 19.0. The highest BCUT2D eigenvalue weighted by molar-refractivity contribution is 7.77. The second-order valence-electron chi connectivity index (χ2n) is 8.06. The minimum absolute atomic E-state index is 0.305. The van der Waals surface area contributed by atoms with Gasteiger partial charge in [-0.1, -0.05) is 72.8 Å². The van der Waals surface area contributed by atoms with Gasteiger partial charge in [0.1, 0.15) is 0 Å². The van der Waals surface area contributed by atoms with E-state index in [9.17, 15) is 9.79 Å². The molecular weight excluding hydrogens is 438 g/mol. The van der Waals surface area contributed by atoms with Gasteiger partial charge in [0.15, 0.2) is 34.4 Å². The van der Waals surface area contributed by atoms with Crippen LogP contribution in [0.25, 0.3) is 22.3 Å². The third-order valence-electron chi connectivity index (χ3n) is 6.12. The quantitative estimate of drug-likeness (QED) is 0.400. The Hall–Kier alpha value is -2.74. The lowest BCUT2D eigenvalue weighted by Gasteiger charge is -2.30. The molecule has 0 aromatic heterocycles. The molecule has 0 bridgehead atoms. The van der Waals surface area contributed by atoms with Gasteiger partial charge in [0.25, 0.3) is 0 Å². The molecule has 0 amide bonds. The van der Waals surface area contributed by atoms with Crippen LogP contribution in [0.1, 0.15) is 0 Å². The summed E-state index contributed by atoms with van der Waals surface area (Å²) < 4.78 is 12.5. The standard InChI is InChI=1S/C26H22O4P2/c27-31(25-15-7-3-11-21(25)19-9-1-5-13-23(19)29-31)17-18-32(28)26-16-8-4-12-22(26)20-10-2-6-14-24(20)30-32/h1-16,27-28H,17-18H2/q+2. The van der Waals surface area contributed by atoms with Gasteiger partial charge in [-0.05, 0) is 24.3 Å². The van der Waals surface area contributed by atoms with Crippen molar-refractivity contribution in [1.82, 2.24) is 0 Å². The van der Waals surface area contributed by atoms with E-state index in [1.165, 1.54) is 0 Å². The highest BCUT2D eigenvalue weighted by Gasteiger charge is 2.56. The van der Waals surface area contributed by atoms with Gasteiger partial charge >= 0.3 is 15.4 Å². The molecule has 4 nitrogen and oxygen atoms in total. The average Bonchev–Trinajstić information content (AvgIpc) is 2.84. The number of hydrogen-bond donors (Lipinski definition) is 2. The molecule has 2 N–H and O–H groups in total. The van der Waals surface area contributed by atoms with Crippen LogP contribution in [0.4, 0.5) is 0 Å². The van der Waals surface area contributed by atoms with Crippen molar-refractivity contribution in [3.05, 3.63) is 97.1 Å². The summed E-state index contributed by atoms with van der Waals surface area (Å²) in [5.74, 6) is 1.37. The summed E-state index contributed by atoms with van der Waals surface area (Å²) in [6.07, 6.45) is 0.609. The summed E-state index contributed by atoms with van der Waals surface area (Å²) in [5.41, 5.74) is 3.94. The highest BCUT2D eigenvalue weighted by Crippen LogP contribution is 2.66. The van der Waals surface area contributed by atoms with Crippen molar-refractivity contribution in [3.8, 4) is 33.8 Å². The fourth-order valence-electron chi connectivity index (χ4n) is 4.58. The van der Waals surface area contributed by atoms with Crippen molar-refractivity contribution in [2.75, 3.05) is 12.3 Å². The molecule has 2 atom stereocenters. The third kappa shape index (κ3) is 3.07. The first kappa shape index (κ1) is 19.9. The van der Waals surface area contributed by atoms with Crippen molar-refractivity contribution in [3.63, 3.8) is 0 Å². The molecule has 0 saturated carbocycles. The van der Waals surface area contributed by atoms with Crippen molar-refractivity contribution in [1.29, 1.82) is 0 Å². The van der Waals surface area contributed by atoms with E-state index in [1.807, 2.05) is 97.1 Å². The van der Waals surface area contributed by atoms with Gasteiger partial charge in [-0.3, -0.25) is 0 Å². The van der Waals surface area contributed by atoms with Crippen LogP contribution in [-0.2, 0) is 0 Å². The maximum atomic E-state index is 11.8. The van der Waals surface area contributed by atoms with Gasteiger partial charge in [0, 0.05) is 22.3 Å². The molecule has 4 aromatic carbocycles. The van der Waals surface area contributed by atoms with E-state index in [0.717, 1.165) is 32.9 Å². The first-order valence-electron chi connectivity index (χ1n) is 10.6. The Bertz CT molecular complexity index is 1240. The van der Waals surface area contributed by atoms with Crippen molar-refractivity contribution in [2.45, 2.75) is 0 Å². The minimum atomic E-state index is -3.00. The van der Waals surface area contributed by atoms with Gasteiger partial charge in [-0.15, -0.1) is 0 Å². The molecule has 2 unspecified atom stereocenters. The molecule has 2 heterocycles. The van der Waals surface area contributed by atoms with Gasteiger partial charge in [-0.25, -0.2) is 9.79 Å². The largest absolute Gasteiger partial charge is 0.353 e. The van der Waals surface area contributed by atoms with Crippen LogP contribution in [0.3, 0.4) is 0 Å².